The Morgan fingerprint density at radius 3 is 0.857 bits per heavy atom. The smallest absolute Gasteiger partial charge is 0.222 e. The molecule has 1 fully saturated rings. The Morgan fingerprint density at radius 2 is 0.714 bits per heavy atom. The lowest BCUT2D eigenvalue weighted by molar-refractivity contribution is -0.135. The van der Waals surface area contributed by atoms with Gasteiger partial charge in [-0.3, -0.25) is 14.4 Å². The van der Waals surface area contributed by atoms with Gasteiger partial charge in [0.1, 0.15) is 0 Å². The van der Waals surface area contributed by atoms with Crippen LogP contribution in [0.1, 0.15) is 68.2 Å². The molecule has 0 N–H and O–H groups in total. The number of carbonyl (C=O) groups is 3. The second-order valence-electron chi connectivity index (χ2n) is 8.94. The van der Waals surface area contributed by atoms with Crippen LogP contribution in [-0.2, 0) is 14.4 Å². The average Bonchev–Trinajstić information content (AvgIpc) is 2.62. The lowest BCUT2D eigenvalue weighted by atomic mass is 10.1. The van der Waals surface area contributed by atoms with Crippen molar-refractivity contribution in [2.75, 3.05) is 39.3 Å². The SMILES string of the molecule is C.CC(C)CC(=O)N1CCN(C(=O)CC(C)C)CCN(C(=O)CC(C)C)CC1. The Kier molecular flexibility index (Phi) is 12.1. The van der Waals surface area contributed by atoms with E-state index in [0.717, 1.165) is 0 Å². The Hall–Kier alpha value is -1.59. The molecule has 0 aromatic rings. The molecule has 3 amide bonds. The van der Waals surface area contributed by atoms with Crippen molar-refractivity contribution in [2.45, 2.75) is 68.2 Å². The second-order valence-corrected chi connectivity index (χ2v) is 8.94. The highest BCUT2D eigenvalue weighted by molar-refractivity contribution is 5.79. The number of hydrogen-bond donors (Lipinski definition) is 0. The topological polar surface area (TPSA) is 60.9 Å². The van der Waals surface area contributed by atoms with Crippen LogP contribution >= 0.6 is 0 Å². The fourth-order valence-electron chi connectivity index (χ4n) is 3.24. The first-order valence-electron chi connectivity index (χ1n) is 10.4. The minimum Gasteiger partial charge on any atom is -0.339 e. The molecule has 1 aliphatic heterocycles. The van der Waals surface area contributed by atoms with Crippen molar-refractivity contribution in [1.82, 2.24) is 14.7 Å². The molecule has 0 aromatic carbocycles. The molecule has 0 spiro atoms. The number of amides is 3. The highest BCUT2D eigenvalue weighted by atomic mass is 16.2. The standard InChI is InChI=1S/C21H39N3O3.CH4/c1-16(2)13-19(25)22-7-9-23(20(26)14-17(3)4)11-12-24(10-8-22)21(27)15-18(5)6;/h16-18H,7-15H2,1-6H3;1H4. The first-order chi connectivity index (χ1) is 12.6. The van der Waals surface area contributed by atoms with Crippen LogP contribution in [0.3, 0.4) is 0 Å². The van der Waals surface area contributed by atoms with Crippen LogP contribution in [0, 0.1) is 17.8 Å². The maximum atomic E-state index is 12.6. The Morgan fingerprint density at radius 1 is 0.536 bits per heavy atom. The molecule has 0 aliphatic carbocycles. The lowest BCUT2D eigenvalue weighted by Gasteiger charge is -2.27. The summed E-state index contributed by atoms with van der Waals surface area (Å²) in [6.45, 7) is 15.5. The number of nitrogens with zero attached hydrogens (tertiary/aromatic N) is 3. The monoisotopic (exact) mass is 397 g/mol. The summed E-state index contributed by atoms with van der Waals surface area (Å²) in [5.41, 5.74) is 0. The van der Waals surface area contributed by atoms with Crippen LogP contribution < -0.4 is 0 Å². The molecule has 1 aliphatic rings. The van der Waals surface area contributed by atoms with E-state index in [4.69, 9.17) is 0 Å². The van der Waals surface area contributed by atoms with Gasteiger partial charge < -0.3 is 14.7 Å². The van der Waals surface area contributed by atoms with Crippen molar-refractivity contribution in [3.05, 3.63) is 0 Å². The van der Waals surface area contributed by atoms with Crippen LogP contribution in [-0.4, -0.2) is 71.7 Å². The summed E-state index contributed by atoms with van der Waals surface area (Å²) >= 11 is 0. The Balaban J connectivity index is 0.00000729. The predicted molar refractivity (Wildman–Crippen MR) is 115 cm³/mol. The van der Waals surface area contributed by atoms with Crippen LogP contribution in [0.5, 0.6) is 0 Å². The first-order valence-corrected chi connectivity index (χ1v) is 10.4. The molecule has 0 unspecified atom stereocenters. The zero-order valence-electron chi connectivity index (χ0n) is 18.2. The zero-order chi connectivity index (χ0) is 20.6. The maximum absolute atomic E-state index is 12.6. The van der Waals surface area contributed by atoms with Gasteiger partial charge >= 0.3 is 0 Å². The number of rotatable bonds is 6. The normalized spacial score (nSPS) is 16.0. The quantitative estimate of drug-likeness (QED) is 0.691. The third-order valence-electron chi connectivity index (χ3n) is 4.73. The van der Waals surface area contributed by atoms with Crippen LogP contribution in [0.4, 0.5) is 0 Å². The van der Waals surface area contributed by atoms with Crippen molar-refractivity contribution in [3.8, 4) is 0 Å². The lowest BCUT2D eigenvalue weighted by Crippen LogP contribution is -2.42. The summed E-state index contributed by atoms with van der Waals surface area (Å²) in [5, 5.41) is 0. The van der Waals surface area contributed by atoms with Gasteiger partial charge in [-0.1, -0.05) is 49.0 Å². The largest absolute Gasteiger partial charge is 0.339 e. The van der Waals surface area contributed by atoms with E-state index >= 15 is 0 Å². The molecule has 0 radical (unpaired) electrons. The van der Waals surface area contributed by atoms with E-state index in [1.165, 1.54) is 0 Å². The Labute approximate surface area is 172 Å². The van der Waals surface area contributed by atoms with Crippen molar-refractivity contribution in [3.63, 3.8) is 0 Å². The molecular weight excluding hydrogens is 354 g/mol. The summed E-state index contributed by atoms with van der Waals surface area (Å²) in [7, 11) is 0. The van der Waals surface area contributed by atoms with Crippen molar-refractivity contribution in [1.29, 1.82) is 0 Å². The van der Waals surface area contributed by atoms with Crippen molar-refractivity contribution < 1.29 is 14.4 Å². The second kappa shape index (κ2) is 12.8. The van der Waals surface area contributed by atoms with E-state index in [2.05, 4.69) is 0 Å². The predicted octanol–water partition coefficient (Wildman–Crippen LogP) is 3.26. The van der Waals surface area contributed by atoms with Gasteiger partial charge in [0.2, 0.25) is 17.7 Å². The van der Waals surface area contributed by atoms with Gasteiger partial charge in [0.05, 0.1) is 0 Å². The van der Waals surface area contributed by atoms with E-state index in [1.807, 2.05) is 56.2 Å². The first kappa shape index (κ1) is 26.4. The molecule has 6 heteroatoms. The minimum absolute atomic E-state index is 0. The van der Waals surface area contributed by atoms with Crippen LogP contribution in [0.25, 0.3) is 0 Å². The number of carbonyl (C=O) groups excluding carboxylic acids is 3. The van der Waals surface area contributed by atoms with Gasteiger partial charge in [-0.25, -0.2) is 0 Å². The highest BCUT2D eigenvalue weighted by Crippen LogP contribution is 2.11. The molecule has 1 rings (SSSR count). The van der Waals surface area contributed by atoms with E-state index in [9.17, 15) is 14.4 Å². The zero-order valence-corrected chi connectivity index (χ0v) is 18.2. The molecule has 1 heterocycles. The van der Waals surface area contributed by atoms with Crippen molar-refractivity contribution >= 4 is 17.7 Å². The van der Waals surface area contributed by atoms with Gasteiger partial charge in [0, 0.05) is 58.5 Å². The maximum Gasteiger partial charge on any atom is 0.222 e. The summed E-state index contributed by atoms with van der Waals surface area (Å²) in [4.78, 5) is 43.3. The summed E-state index contributed by atoms with van der Waals surface area (Å²) in [6, 6.07) is 0. The summed E-state index contributed by atoms with van der Waals surface area (Å²) in [6.07, 6.45) is 1.50. The van der Waals surface area contributed by atoms with Gasteiger partial charge in [-0.15, -0.1) is 0 Å². The average molecular weight is 398 g/mol. The third kappa shape index (κ3) is 9.56. The molecular formula is C22H43N3O3. The highest BCUT2D eigenvalue weighted by Gasteiger charge is 2.25. The van der Waals surface area contributed by atoms with E-state index in [0.29, 0.717) is 76.3 Å². The van der Waals surface area contributed by atoms with Crippen LogP contribution in [0.15, 0.2) is 0 Å². The number of hydrogen-bond acceptors (Lipinski definition) is 3. The third-order valence-corrected chi connectivity index (χ3v) is 4.73. The van der Waals surface area contributed by atoms with Gasteiger partial charge in [-0.05, 0) is 17.8 Å². The van der Waals surface area contributed by atoms with Crippen molar-refractivity contribution in [2.24, 2.45) is 17.8 Å². The molecule has 28 heavy (non-hydrogen) atoms. The fourth-order valence-corrected chi connectivity index (χ4v) is 3.24. The molecule has 1 saturated heterocycles. The van der Waals surface area contributed by atoms with Gasteiger partial charge in [0.15, 0.2) is 0 Å². The Bertz CT molecular complexity index is 420. The molecule has 6 nitrogen and oxygen atoms in total. The molecule has 0 aromatic heterocycles. The van der Waals surface area contributed by atoms with E-state index < -0.39 is 0 Å². The van der Waals surface area contributed by atoms with Gasteiger partial charge in [0.25, 0.3) is 0 Å². The fraction of sp³-hybridized carbons (Fsp3) is 0.864. The molecule has 164 valence electrons. The summed E-state index contributed by atoms with van der Waals surface area (Å²) < 4.78 is 0. The van der Waals surface area contributed by atoms with Crippen LogP contribution in [0.2, 0.25) is 0 Å². The molecule has 0 saturated carbocycles. The molecule has 0 bridgehead atoms. The minimum atomic E-state index is 0. The van der Waals surface area contributed by atoms with Gasteiger partial charge in [-0.2, -0.15) is 0 Å². The molecule has 0 atom stereocenters. The van der Waals surface area contributed by atoms with E-state index in [-0.39, 0.29) is 25.1 Å². The summed E-state index contributed by atoms with van der Waals surface area (Å²) in [5.74, 6) is 1.21. The van der Waals surface area contributed by atoms with E-state index in [1.54, 1.807) is 0 Å².